The third-order valence-corrected chi connectivity index (χ3v) is 4.87. The third kappa shape index (κ3) is 3.48. The minimum Gasteiger partial charge on any atom is -0.314 e. The van der Waals surface area contributed by atoms with Crippen molar-refractivity contribution in [1.82, 2.24) is 0 Å². The van der Waals surface area contributed by atoms with Gasteiger partial charge in [-0.15, -0.1) is 0 Å². The molecule has 0 radical (unpaired) electrons. The number of benzene rings is 3. The van der Waals surface area contributed by atoms with Crippen molar-refractivity contribution in [2.24, 2.45) is 0 Å². The fraction of sp³-hybridized carbons (Fsp3) is 0.120. The molecule has 0 bridgehead atoms. The monoisotopic (exact) mass is 337 g/mol. The first kappa shape index (κ1) is 16.4. The highest BCUT2D eigenvalue weighted by atomic mass is 15.1. The first-order valence-electron chi connectivity index (χ1n) is 9.18. The summed E-state index contributed by atoms with van der Waals surface area (Å²) in [4.78, 5) is 2.36. The van der Waals surface area contributed by atoms with Gasteiger partial charge in [0.05, 0.1) is 0 Å². The summed E-state index contributed by atoms with van der Waals surface area (Å²) in [6.07, 6.45) is 6.65. The Morgan fingerprint density at radius 3 is 1.69 bits per heavy atom. The Kier molecular flexibility index (Phi) is 4.70. The molecule has 26 heavy (non-hydrogen) atoms. The molecule has 1 aliphatic carbocycles. The predicted molar refractivity (Wildman–Crippen MR) is 111 cm³/mol. The van der Waals surface area contributed by atoms with Crippen LogP contribution >= 0.6 is 0 Å². The van der Waals surface area contributed by atoms with Crippen LogP contribution in [0.4, 0.5) is 11.4 Å². The van der Waals surface area contributed by atoms with E-state index in [1.165, 1.54) is 33.8 Å². The lowest BCUT2D eigenvalue weighted by atomic mass is 9.94. The van der Waals surface area contributed by atoms with Gasteiger partial charge in [-0.25, -0.2) is 0 Å². The van der Waals surface area contributed by atoms with Crippen LogP contribution in [0, 0.1) is 6.92 Å². The first-order chi connectivity index (χ1) is 12.8. The fourth-order valence-corrected chi connectivity index (χ4v) is 3.46. The van der Waals surface area contributed by atoms with Gasteiger partial charge in [0, 0.05) is 17.1 Å². The van der Waals surface area contributed by atoms with Gasteiger partial charge in [0.25, 0.3) is 0 Å². The van der Waals surface area contributed by atoms with Gasteiger partial charge in [-0.1, -0.05) is 72.3 Å². The Morgan fingerprint density at radius 1 is 0.615 bits per heavy atom. The van der Waals surface area contributed by atoms with Crippen molar-refractivity contribution < 1.29 is 0 Å². The van der Waals surface area contributed by atoms with Crippen molar-refractivity contribution in [3.05, 3.63) is 114 Å². The molecule has 0 fully saturated rings. The number of nitrogens with zero attached hydrogens (tertiary/aromatic N) is 1. The van der Waals surface area contributed by atoms with Gasteiger partial charge in [-0.05, 0) is 61.2 Å². The second-order valence-corrected chi connectivity index (χ2v) is 6.72. The lowest BCUT2D eigenvalue weighted by Crippen LogP contribution is -2.17. The van der Waals surface area contributed by atoms with Crippen LogP contribution in [-0.2, 0) is 0 Å². The Hall–Kier alpha value is -3.06. The van der Waals surface area contributed by atoms with Crippen molar-refractivity contribution in [3.63, 3.8) is 0 Å². The smallest absolute Gasteiger partial charge is 0.0458 e. The van der Waals surface area contributed by atoms with Crippen LogP contribution in [0.15, 0.2) is 103 Å². The molecular weight excluding hydrogens is 314 g/mol. The molecule has 0 saturated carbocycles. The molecule has 1 nitrogen and oxygen atoms in total. The van der Waals surface area contributed by atoms with E-state index in [9.17, 15) is 0 Å². The number of aryl methyl sites for hydroxylation is 1. The maximum absolute atomic E-state index is 2.36. The quantitative estimate of drug-likeness (QED) is 0.501. The van der Waals surface area contributed by atoms with E-state index in [0.717, 1.165) is 12.8 Å². The molecule has 128 valence electrons. The molecule has 0 saturated heterocycles. The Bertz CT molecular complexity index is 879. The highest BCUT2D eigenvalue weighted by Crippen LogP contribution is 2.35. The van der Waals surface area contributed by atoms with Crippen LogP contribution < -0.4 is 4.90 Å². The maximum atomic E-state index is 2.36. The number of para-hydroxylation sites is 2. The average Bonchev–Trinajstić information content (AvgIpc) is 2.71. The van der Waals surface area contributed by atoms with Crippen LogP contribution in [0.3, 0.4) is 0 Å². The van der Waals surface area contributed by atoms with Gasteiger partial charge >= 0.3 is 0 Å². The zero-order chi connectivity index (χ0) is 17.8. The zero-order valence-electron chi connectivity index (χ0n) is 15.1. The molecule has 0 aromatic heterocycles. The highest BCUT2D eigenvalue weighted by molar-refractivity contribution is 5.73. The largest absolute Gasteiger partial charge is 0.314 e. The predicted octanol–water partition coefficient (Wildman–Crippen LogP) is 6.89. The normalized spacial score (nSPS) is 13.7. The van der Waals surface area contributed by atoms with Gasteiger partial charge in [-0.2, -0.15) is 0 Å². The summed E-state index contributed by atoms with van der Waals surface area (Å²) in [5.74, 6) is 0. The molecule has 0 heterocycles. The Morgan fingerprint density at radius 2 is 1.19 bits per heavy atom. The van der Waals surface area contributed by atoms with Gasteiger partial charge in [0.1, 0.15) is 0 Å². The summed E-state index contributed by atoms with van der Waals surface area (Å²) in [7, 11) is 0. The maximum Gasteiger partial charge on any atom is 0.0458 e. The second-order valence-electron chi connectivity index (χ2n) is 6.72. The molecule has 0 amide bonds. The van der Waals surface area contributed by atoms with Crippen LogP contribution in [0.1, 0.15) is 24.0 Å². The van der Waals surface area contributed by atoms with E-state index in [-0.39, 0.29) is 0 Å². The molecule has 3 aromatic rings. The van der Waals surface area contributed by atoms with Crippen molar-refractivity contribution in [2.45, 2.75) is 19.8 Å². The van der Waals surface area contributed by atoms with E-state index in [0.29, 0.717) is 0 Å². The van der Waals surface area contributed by atoms with Crippen LogP contribution in [0.2, 0.25) is 0 Å². The van der Waals surface area contributed by atoms with Crippen LogP contribution in [0.25, 0.3) is 5.57 Å². The van der Waals surface area contributed by atoms with Gasteiger partial charge in [0.2, 0.25) is 0 Å². The van der Waals surface area contributed by atoms with Gasteiger partial charge in [0.15, 0.2) is 0 Å². The molecule has 0 unspecified atom stereocenters. The molecule has 1 heteroatoms. The first-order valence-corrected chi connectivity index (χ1v) is 9.18. The zero-order valence-corrected chi connectivity index (χ0v) is 15.1. The summed E-state index contributed by atoms with van der Waals surface area (Å²) >= 11 is 0. The fourth-order valence-electron chi connectivity index (χ4n) is 3.46. The van der Waals surface area contributed by atoms with E-state index < -0.39 is 0 Å². The topological polar surface area (TPSA) is 3.24 Å². The van der Waals surface area contributed by atoms with E-state index in [4.69, 9.17) is 0 Å². The second kappa shape index (κ2) is 7.45. The Labute approximate surface area is 155 Å². The van der Waals surface area contributed by atoms with Crippen molar-refractivity contribution in [1.29, 1.82) is 0 Å². The van der Waals surface area contributed by atoms with E-state index >= 15 is 0 Å². The molecule has 0 N–H and O–H groups in total. The number of hydrogen-bond acceptors (Lipinski definition) is 1. The lowest BCUT2D eigenvalue weighted by Gasteiger charge is -2.29. The van der Waals surface area contributed by atoms with E-state index in [1.54, 1.807) is 0 Å². The average molecular weight is 337 g/mol. The summed E-state index contributed by atoms with van der Waals surface area (Å²) in [5.41, 5.74) is 7.79. The minimum absolute atomic E-state index is 1.03. The molecule has 3 aromatic carbocycles. The molecule has 1 aliphatic rings. The van der Waals surface area contributed by atoms with Crippen molar-refractivity contribution in [2.75, 3.05) is 4.90 Å². The lowest BCUT2D eigenvalue weighted by molar-refractivity contribution is 0.930. The molecule has 0 aliphatic heterocycles. The number of hydrogen-bond donors (Lipinski definition) is 0. The number of rotatable bonds is 4. The third-order valence-electron chi connectivity index (χ3n) is 4.87. The summed E-state index contributed by atoms with van der Waals surface area (Å²) in [5, 5.41) is 0. The SMILES string of the molecule is Cc1ccc(C2=CC=C(N(c3ccccc3)c3ccccc3)CC2)cc1. The minimum atomic E-state index is 1.03. The van der Waals surface area contributed by atoms with E-state index in [2.05, 4.69) is 109 Å². The molecular formula is C25H23N. The molecule has 0 atom stereocenters. The highest BCUT2D eigenvalue weighted by Gasteiger charge is 2.17. The number of anilines is 2. The van der Waals surface area contributed by atoms with Crippen LogP contribution in [-0.4, -0.2) is 0 Å². The van der Waals surface area contributed by atoms with Crippen molar-refractivity contribution >= 4 is 16.9 Å². The Balaban J connectivity index is 1.70. The summed E-state index contributed by atoms with van der Waals surface area (Å²) in [6.45, 7) is 2.13. The summed E-state index contributed by atoms with van der Waals surface area (Å²) in [6, 6.07) is 30.1. The van der Waals surface area contributed by atoms with Crippen molar-refractivity contribution in [3.8, 4) is 0 Å². The molecule has 4 rings (SSSR count). The van der Waals surface area contributed by atoms with Gasteiger partial charge < -0.3 is 4.90 Å². The molecule has 0 spiro atoms. The van der Waals surface area contributed by atoms with Gasteiger partial charge in [-0.3, -0.25) is 0 Å². The number of allylic oxidation sites excluding steroid dienone is 4. The van der Waals surface area contributed by atoms with E-state index in [1.807, 2.05) is 0 Å². The summed E-state index contributed by atoms with van der Waals surface area (Å²) < 4.78 is 0. The van der Waals surface area contributed by atoms with Crippen LogP contribution in [0.5, 0.6) is 0 Å². The standard InChI is InChI=1S/C25H23N/c1-20-12-14-21(15-13-20)22-16-18-25(19-17-22)26(23-8-4-2-5-9-23)24-10-6-3-7-11-24/h2-16,18H,17,19H2,1H3.